The molecule has 2 heterocycles. The maximum atomic E-state index is 13.4. The number of hydrogen-bond acceptors (Lipinski definition) is 5. The van der Waals surface area contributed by atoms with Crippen molar-refractivity contribution >= 4 is 23.2 Å². The second-order valence-corrected chi connectivity index (χ2v) is 9.55. The number of aliphatic hydroxyl groups excluding tert-OH is 1. The Morgan fingerprint density at radius 1 is 0.973 bits per heavy atom. The first kappa shape index (κ1) is 24.5. The van der Waals surface area contributed by atoms with Crippen LogP contribution in [0.2, 0.25) is 5.02 Å². The molecule has 0 radical (unpaired) electrons. The number of benzene rings is 3. The largest absolute Gasteiger partial charge is 0.508 e. The number of amides is 1. The van der Waals surface area contributed by atoms with Crippen molar-refractivity contribution in [3.05, 3.63) is 113 Å². The number of aliphatic hydroxyl groups is 1. The first-order chi connectivity index (χ1) is 17.9. The van der Waals surface area contributed by atoms with Crippen molar-refractivity contribution in [1.82, 2.24) is 4.98 Å². The van der Waals surface area contributed by atoms with Gasteiger partial charge in [-0.15, -0.1) is 0 Å². The maximum absolute atomic E-state index is 13.4. The summed E-state index contributed by atoms with van der Waals surface area (Å²) in [4.78, 5) is 19.3. The normalized spacial score (nSPS) is 17.6. The van der Waals surface area contributed by atoms with Gasteiger partial charge in [-0.2, -0.15) is 5.26 Å². The van der Waals surface area contributed by atoms with Crippen LogP contribution in [0, 0.1) is 17.2 Å². The van der Waals surface area contributed by atoms with E-state index >= 15 is 0 Å². The molecule has 1 aliphatic rings. The average Bonchev–Trinajstić information content (AvgIpc) is 2.93. The van der Waals surface area contributed by atoms with E-state index in [2.05, 4.69) is 11.1 Å². The van der Waals surface area contributed by atoms with Gasteiger partial charge in [0.05, 0.1) is 23.6 Å². The lowest BCUT2D eigenvalue weighted by atomic mass is 9.78. The number of phenols is 1. The van der Waals surface area contributed by atoms with Crippen LogP contribution in [-0.2, 0) is 4.79 Å². The lowest BCUT2D eigenvalue weighted by Gasteiger charge is -2.48. The van der Waals surface area contributed by atoms with Crippen LogP contribution in [-0.4, -0.2) is 21.1 Å². The summed E-state index contributed by atoms with van der Waals surface area (Å²) in [7, 11) is 0. The zero-order chi connectivity index (χ0) is 25.9. The van der Waals surface area contributed by atoms with Crippen LogP contribution >= 0.6 is 11.6 Å². The summed E-state index contributed by atoms with van der Waals surface area (Å²) >= 11 is 5.96. The Morgan fingerprint density at radius 2 is 1.68 bits per heavy atom. The van der Waals surface area contributed by atoms with Crippen LogP contribution in [0.1, 0.15) is 41.7 Å². The molecule has 184 valence electrons. The third-order valence-electron chi connectivity index (χ3n) is 6.80. The molecule has 2 N–H and O–H groups in total. The van der Waals surface area contributed by atoms with Crippen LogP contribution in [0.3, 0.4) is 0 Å². The fourth-order valence-corrected chi connectivity index (χ4v) is 4.96. The predicted octanol–water partition coefficient (Wildman–Crippen LogP) is 6.20. The fourth-order valence-electron chi connectivity index (χ4n) is 4.83. The molecule has 3 atom stereocenters. The van der Waals surface area contributed by atoms with Crippen molar-refractivity contribution in [2.24, 2.45) is 5.92 Å². The van der Waals surface area contributed by atoms with Crippen molar-refractivity contribution in [3.8, 4) is 22.9 Å². The molecule has 37 heavy (non-hydrogen) atoms. The second-order valence-electron chi connectivity index (χ2n) is 9.12. The number of pyridine rings is 1. The molecule has 0 saturated carbocycles. The molecule has 4 aromatic rings. The van der Waals surface area contributed by atoms with Gasteiger partial charge in [0.2, 0.25) is 5.91 Å². The highest BCUT2D eigenvalue weighted by atomic mass is 35.5. The molecule has 1 aromatic heterocycles. The fraction of sp³-hybridized carbons (Fsp3) is 0.167. The van der Waals surface area contributed by atoms with E-state index in [1.54, 1.807) is 53.6 Å². The maximum Gasteiger partial charge on any atom is 0.233 e. The molecule has 1 fully saturated rings. The summed E-state index contributed by atoms with van der Waals surface area (Å²) in [5, 5.41) is 30.2. The van der Waals surface area contributed by atoms with Gasteiger partial charge in [0.25, 0.3) is 0 Å². The SMILES string of the molecule is N#Cc1cncc(-c2ccc(N3C(=O)[C@H](CC[C@H](O)c4ccc(Cl)cc4)[C@H]3c3ccc(O)cc3)cc2)c1. The van der Waals surface area contributed by atoms with Crippen LogP contribution < -0.4 is 4.90 Å². The Kier molecular flexibility index (Phi) is 6.91. The smallest absolute Gasteiger partial charge is 0.233 e. The van der Waals surface area contributed by atoms with Crippen molar-refractivity contribution < 1.29 is 15.0 Å². The van der Waals surface area contributed by atoms with Crippen LogP contribution in [0.15, 0.2) is 91.3 Å². The molecular formula is C30H24ClN3O3. The zero-order valence-electron chi connectivity index (χ0n) is 19.8. The first-order valence-corrected chi connectivity index (χ1v) is 12.3. The van der Waals surface area contributed by atoms with Crippen LogP contribution in [0.5, 0.6) is 5.75 Å². The van der Waals surface area contributed by atoms with Gasteiger partial charge < -0.3 is 15.1 Å². The van der Waals surface area contributed by atoms with Crippen molar-refractivity contribution in [3.63, 3.8) is 0 Å². The number of aromatic nitrogens is 1. The van der Waals surface area contributed by atoms with Crippen LogP contribution in [0.25, 0.3) is 11.1 Å². The highest BCUT2D eigenvalue weighted by Gasteiger charge is 2.48. The zero-order valence-corrected chi connectivity index (χ0v) is 20.6. The number of nitriles is 1. The monoisotopic (exact) mass is 509 g/mol. The molecule has 0 bridgehead atoms. The number of halogens is 1. The van der Waals surface area contributed by atoms with Gasteiger partial charge in [-0.3, -0.25) is 9.78 Å². The number of carbonyl (C=O) groups excluding carboxylic acids is 1. The molecule has 0 unspecified atom stereocenters. The number of anilines is 1. The van der Waals surface area contributed by atoms with E-state index < -0.39 is 6.10 Å². The quantitative estimate of drug-likeness (QED) is 0.289. The highest BCUT2D eigenvalue weighted by Crippen LogP contribution is 2.46. The first-order valence-electron chi connectivity index (χ1n) is 12.0. The van der Waals surface area contributed by atoms with Crippen molar-refractivity contribution in [1.29, 1.82) is 5.26 Å². The van der Waals surface area contributed by atoms with Crippen LogP contribution in [0.4, 0.5) is 5.69 Å². The molecule has 1 saturated heterocycles. The summed E-state index contributed by atoms with van der Waals surface area (Å²) in [5.74, 6) is -0.154. The third-order valence-corrected chi connectivity index (χ3v) is 7.05. The minimum absolute atomic E-state index is 0.0118. The van der Waals surface area contributed by atoms with E-state index in [1.807, 2.05) is 36.4 Å². The number of carbonyl (C=O) groups is 1. The van der Waals surface area contributed by atoms with E-state index in [-0.39, 0.29) is 23.6 Å². The summed E-state index contributed by atoms with van der Waals surface area (Å²) in [6, 6.07) is 25.2. The molecule has 6 nitrogen and oxygen atoms in total. The second kappa shape index (κ2) is 10.4. The number of rotatable bonds is 7. The summed E-state index contributed by atoms with van der Waals surface area (Å²) in [6.45, 7) is 0. The lowest BCUT2D eigenvalue weighted by molar-refractivity contribution is -0.131. The van der Waals surface area contributed by atoms with E-state index in [4.69, 9.17) is 16.9 Å². The molecule has 0 spiro atoms. The summed E-state index contributed by atoms with van der Waals surface area (Å²) in [5.41, 5.74) is 4.63. The summed E-state index contributed by atoms with van der Waals surface area (Å²) in [6.07, 6.45) is 3.46. The molecule has 0 aliphatic carbocycles. The molecular weight excluding hydrogens is 486 g/mol. The Morgan fingerprint density at radius 3 is 2.35 bits per heavy atom. The van der Waals surface area contributed by atoms with E-state index in [9.17, 15) is 15.0 Å². The molecule has 1 aliphatic heterocycles. The number of phenolic OH excluding ortho intramolecular Hbond substituents is 1. The van der Waals surface area contributed by atoms with Crippen molar-refractivity contribution in [2.45, 2.75) is 25.0 Å². The standard InChI is InChI=1S/C30H24ClN3O3/c31-24-7-1-21(2-8-24)28(36)14-13-27-29(22-5-11-26(35)12-6-22)34(30(27)37)25-9-3-20(4-10-25)23-15-19(16-32)17-33-18-23/h1-12,15,17-18,27-29,35-36H,13-14H2/t27-,28+,29-/m1/s1. The van der Waals surface area contributed by atoms with E-state index in [1.165, 1.54) is 6.20 Å². The summed E-state index contributed by atoms with van der Waals surface area (Å²) < 4.78 is 0. The topological polar surface area (TPSA) is 97.5 Å². The van der Waals surface area contributed by atoms with Gasteiger partial charge in [0, 0.05) is 28.7 Å². The predicted molar refractivity (Wildman–Crippen MR) is 142 cm³/mol. The van der Waals surface area contributed by atoms with Gasteiger partial charge in [0.15, 0.2) is 0 Å². The Bertz CT molecular complexity index is 1450. The van der Waals surface area contributed by atoms with Gasteiger partial charge in [-0.1, -0.05) is 48.0 Å². The lowest BCUT2D eigenvalue weighted by Crippen LogP contribution is -2.55. The number of nitrogens with zero attached hydrogens (tertiary/aromatic N) is 3. The third kappa shape index (κ3) is 5.05. The molecule has 5 rings (SSSR count). The van der Waals surface area contributed by atoms with E-state index in [0.717, 1.165) is 27.9 Å². The van der Waals surface area contributed by atoms with Gasteiger partial charge >= 0.3 is 0 Å². The minimum Gasteiger partial charge on any atom is -0.508 e. The Hall–Kier alpha value is -4.18. The van der Waals surface area contributed by atoms with Crippen molar-refractivity contribution in [2.75, 3.05) is 4.90 Å². The Balaban J connectivity index is 1.38. The number of hydrogen-bond donors (Lipinski definition) is 2. The van der Waals surface area contributed by atoms with Gasteiger partial charge in [-0.25, -0.2) is 0 Å². The van der Waals surface area contributed by atoms with E-state index in [0.29, 0.717) is 23.4 Å². The van der Waals surface area contributed by atoms with Gasteiger partial charge in [-0.05, 0) is 72.0 Å². The highest BCUT2D eigenvalue weighted by molar-refractivity contribution is 6.30. The molecule has 7 heteroatoms. The average molecular weight is 510 g/mol. The Labute approximate surface area is 220 Å². The van der Waals surface area contributed by atoms with Gasteiger partial charge in [0.1, 0.15) is 11.8 Å². The molecule has 3 aromatic carbocycles. The number of aromatic hydroxyl groups is 1. The number of β-lactam (4-membered cyclic amide) rings is 1. The minimum atomic E-state index is -0.698. The molecule has 1 amide bonds.